The summed E-state index contributed by atoms with van der Waals surface area (Å²) in [4.78, 5) is 0. The van der Waals surface area contributed by atoms with E-state index in [4.69, 9.17) is 0 Å². The molecule has 0 amide bonds. The van der Waals surface area contributed by atoms with Crippen LogP contribution in [0.1, 0.15) is 43.2 Å². The molecule has 7 aromatic carbocycles. The van der Waals surface area contributed by atoms with Gasteiger partial charge in [0.2, 0.25) is 0 Å². The molecule has 3 aliphatic carbocycles. The van der Waals surface area contributed by atoms with Gasteiger partial charge in [-0.2, -0.15) is 0 Å². The van der Waals surface area contributed by atoms with Crippen LogP contribution < -0.4 is 0 Å². The summed E-state index contributed by atoms with van der Waals surface area (Å²) < 4.78 is 4.97. The number of hydrogen-bond acceptors (Lipinski definition) is 0. The lowest BCUT2D eigenvalue weighted by Crippen LogP contribution is -2.10. The molecule has 0 saturated carbocycles. The Morgan fingerprint density at radius 2 is 1.05 bits per heavy atom. The van der Waals surface area contributed by atoms with Crippen molar-refractivity contribution in [2.24, 2.45) is 5.92 Å². The van der Waals surface area contributed by atoms with E-state index in [1.54, 1.807) is 0 Å². The van der Waals surface area contributed by atoms with Crippen LogP contribution in [0.5, 0.6) is 0 Å². The van der Waals surface area contributed by atoms with Gasteiger partial charge in [-0.1, -0.05) is 140 Å². The molecule has 0 saturated heterocycles. The minimum atomic E-state index is 0.634. The van der Waals surface area contributed by atoms with Gasteiger partial charge < -0.3 is 9.13 Å². The van der Waals surface area contributed by atoms with Crippen LogP contribution in [0, 0.1) is 5.92 Å². The van der Waals surface area contributed by atoms with E-state index in [1.807, 2.05) is 0 Å². The number of allylic oxidation sites excluding steroid dienone is 10. The fraction of sp³-hybridized carbons (Fsp3) is 0.107. The second-order valence-corrected chi connectivity index (χ2v) is 16.4. The molecule has 0 bridgehead atoms. The Morgan fingerprint density at radius 3 is 1.84 bits per heavy atom. The van der Waals surface area contributed by atoms with Crippen LogP contribution in [0.25, 0.3) is 88.0 Å². The molecule has 9 aromatic rings. The molecule has 2 nitrogen and oxygen atoms in total. The van der Waals surface area contributed by atoms with Gasteiger partial charge in [-0.15, -0.1) is 0 Å². The van der Waals surface area contributed by atoms with E-state index >= 15 is 0 Å². The average molecular weight is 743 g/mol. The van der Waals surface area contributed by atoms with E-state index < -0.39 is 0 Å². The van der Waals surface area contributed by atoms with E-state index in [-0.39, 0.29) is 0 Å². The van der Waals surface area contributed by atoms with Crippen molar-refractivity contribution in [3.63, 3.8) is 0 Å². The van der Waals surface area contributed by atoms with Crippen molar-refractivity contribution in [1.29, 1.82) is 0 Å². The molecular weight excluding hydrogens is 701 g/mol. The number of benzene rings is 7. The highest BCUT2D eigenvalue weighted by atomic mass is 15.0. The lowest BCUT2D eigenvalue weighted by molar-refractivity contribution is 0.573. The van der Waals surface area contributed by atoms with Crippen molar-refractivity contribution >= 4 is 71.2 Å². The van der Waals surface area contributed by atoms with Crippen LogP contribution in [0.3, 0.4) is 0 Å². The summed E-state index contributed by atoms with van der Waals surface area (Å²) in [6, 6.07) is 56.6. The fourth-order valence-corrected chi connectivity index (χ4v) is 10.1. The summed E-state index contributed by atoms with van der Waals surface area (Å²) in [7, 11) is 0. The third-order valence-electron chi connectivity index (χ3n) is 13.1. The van der Waals surface area contributed by atoms with Crippen molar-refractivity contribution in [2.45, 2.75) is 32.1 Å². The standard InChI is InChI=1S/C56H42N2/c1-3-11-41-33-43(19-17-37(41)9-1)45-25-31-51-49-13-5-7-15-53(49)57(55(51)35-45)47-27-21-39(22-28-47)40-23-29-48(30-24-40)58-54-16-8-6-14-50(54)52-32-26-46(36-56(52)58)44-20-18-38-10-2-4-12-42(38)34-44/h1-3,5-11,13-21,23-27,29-33,35-36,42H,4,12,22,28,34H2. The molecular formula is C56H42N2. The zero-order chi connectivity index (χ0) is 38.2. The van der Waals surface area contributed by atoms with E-state index in [0.717, 1.165) is 19.3 Å². The van der Waals surface area contributed by atoms with Gasteiger partial charge in [-0.25, -0.2) is 0 Å². The quantitative estimate of drug-likeness (QED) is 0.166. The smallest absolute Gasteiger partial charge is 0.0547 e. The van der Waals surface area contributed by atoms with Crippen LogP contribution in [0.2, 0.25) is 0 Å². The molecule has 0 aliphatic heterocycles. The SMILES string of the molecule is C1=CC2=CC=C(c3ccc4c5ccccc5n(-c5ccc(C6=CC=C(n7c8ccccc8c8ccc(-c9ccc%10ccccc%10c9)cc87)CC6)cc5)c4c3)CC2CC1. The molecule has 1 unspecified atom stereocenters. The Labute approximate surface area is 338 Å². The van der Waals surface area contributed by atoms with Gasteiger partial charge in [0.25, 0.3) is 0 Å². The Morgan fingerprint density at radius 1 is 0.431 bits per heavy atom. The van der Waals surface area contributed by atoms with Gasteiger partial charge in [-0.05, 0) is 136 Å². The Kier molecular flexibility index (Phi) is 7.66. The van der Waals surface area contributed by atoms with Gasteiger partial charge >= 0.3 is 0 Å². The van der Waals surface area contributed by atoms with Crippen LogP contribution in [0.4, 0.5) is 0 Å². The van der Waals surface area contributed by atoms with Gasteiger partial charge in [0.05, 0.1) is 22.1 Å². The monoisotopic (exact) mass is 742 g/mol. The lowest BCUT2D eigenvalue weighted by atomic mass is 9.79. The largest absolute Gasteiger partial charge is 0.313 e. The molecule has 0 fully saturated rings. The first-order valence-electron chi connectivity index (χ1n) is 20.9. The molecule has 0 N–H and O–H groups in total. The number of aromatic nitrogens is 2. The first-order valence-corrected chi connectivity index (χ1v) is 20.9. The minimum absolute atomic E-state index is 0.634. The summed E-state index contributed by atoms with van der Waals surface area (Å²) in [5.74, 6) is 0.634. The summed E-state index contributed by atoms with van der Waals surface area (Å²) in [5.41, 5.74) is 17.0. The molecule has 2 aromatic heterocycles. The zero-order valence-electron chi connectivity index (χ0n) is 32.4. The number of fused-ring (bicyclic) bond motifs is 8. The molecule has 0 spiro atoms. The summed E-state index contributed by atoms with van der Waals surface area (Å²) in [6.07, 6.45) is 19.6. The zero-order valence-corrected chi connectivity index (χ0v) is 32.4. The number of hydrogen-bond donors (Lipinski definition) is 0. The highest BCUT2D eigenvalue weighted by molar-refractivity contribution is 6.12. The topological polar surface area (TPSA) is 9.86 Å². The van der Waals surface area contributed by atoms with Crippen molar-refractivity contribution < 1.29 is 0 Å². The summed E-state index contributed by atoms with van der Waals surface area (Å²) in [5, 5.41) is 7.74. The Bertz CT molecular complexity index is 3300. The number of nitrogens with zero attached hydrogens (tertiary/aromatic N) is 2. The second kappa shape index (κ2) is 13.4. The molecule has 3 aliphatic rings. The molecule has 276 valence electrons. The number of rotatable bonds is 5. The Hall–Kier alpha value is -6.90. The predicted octanol–water partition coefficient (Wildman–Crippen LogP) is 15.1. The van der Waals surface area contributed by atoms with E-state index in [1.165, 1.54) is 118 Å². The molecule has 1 atom stereocenters. The lowest BCUT2D eigenvalue weighted by Gasteiger charge is -2.26. The molecule has 2 heteroatoms. The van der Waals surface area contributed by atoms with Gasteiger partial charge in [0.15, 0.2) is 0 Å². The van der Waals surface area contributed by atoms with E-state index in [2.05, 4.69) is 197 Å². The van der Waals surface area contributed by atoms with Gasteiger partial charge in [-0.3, -0.25) is 0 Å². The average Bonchev–Trinajstić information content (AvgIpc) is 3.81. The van der Waals surface area contributed by atoms with Crippen molar-refractivity contribution in [2.75, 3.05) is 0 Å². The third-order valence-corrected chi connectivity index (χ3v) is 13.1. The molecule has 0 radical (unpaired) electrons. The highest BCUT2D eigenvalue weighted by Gasteiger charge is 2.22. The Balaban J connectivity index is 0.898. The fourth-order valence-electron chi connectivity index (χ4n) is 10.1. The maximum Gasteiger partial charge on any atom is 0.0547 e. The van der Waals surface area contributed by atoms with E-state index in [9.17, 15) is 0 Å². The maximum atomic E-state index is 2.51. The van der Waals surface area contributed by atoms with E-state index in [0.29, 0.717) is 5.92 Å². The van der Waals surface area contributed by atoms with Gasteiger partial charge in [0, 0.05) is 32.9 Å². The third kappa shape index (κ3) is 5.40. The van der Waals surface area contributed by atoms with Crippen molar-refractivity contribution in [3.8, 4) is 16.8 Å². The summed E-state index contributed by atoms with van der Waals surface area (Å²) >= 11 is 0. The van der Waals surface area contributed by atoms with Crippen LogP contribution in [-0.2, 0) is 0 Å². The van der Waals surface area contributed by atoms with Crippen molar-refractivity contribution in [1.82, 2.24) is 9.13 Å². The molecule has 58 heavy (non-hydrogen) atoms. The summed E-state index contributed by atoms with van der Waals surface area (Å²) in [6.45, 7) is 0. The first-order chi connectivity index (χ1) is 28.7. The van der Waals surface area contributed by atoms with Crippen LogP contribution >= 0.6 is 0 Å². The molecule has 12 rings (SSSR count). The van der Waals surface area contributed by atoms with Crippen LogP contribution in [0.15, 0.2) is 194 Å². The molecule has 2 heterocycles. The predicted molar refractivity (Wildman–Crippen MR) is 247 cm³/mol. The van der Waals surface area contributed by atoms with Crippen molar-refractivity contribution in [3.05, 3.63) is 205 Å². The number of para-hydroxylation sites is 2. The first kappa shape index (κ1) is 33.3. The van der Waals surface area contributed by atoms with Gasteiger partial charge in [0.1, 0.15) is 0 Å². The maximum absolute atomic E-state index is 2.51. The minimum Gasteiger partial charge on any atom is -0.313 e. The van der Waals surface area contributed by atoms with Crippen LogP contribution in [-0.4, -0.2) is 9.13 Å². The normalized spacial score (nSPS) is 16.8. The second-order valence-electron chi connectivity index (χ2n) is 16.4. The highest BCUT2D eigenvalue weighted by Crippen LogP contribution is 2.41.